The normalized spacial score (nSPS) is 12.4. The molecule has 0 amide bonds. The van der Waals surface area contributed by atoms with E-state index in [0.717, 1.165) is 0 Å². The highest BCUT2D eigenvalue weighted by Crippen LogP contribution is 2.25. The highest BCUT2D eigenvalue weighted by molar-refractivity contribution is 5.54. The third kappa shape index (κ3) is 2.33. The van der Waals surface area contributed by atoms with Gasteiger partial charge in [-0.15, -0.1) is 0 Å². The lowest BCUT2D eigenvalue weighted by Gasteiger charge is -2.02. The number of aliphatic hydroxyl groups excluding tert-OH is 1. The summed E-state index contributed by atoms with van der Waals surface area (Å²) < 4.78 is 23.3. The van der Waals surface area contributed by atoms with Gasteiger partial charge in [0.1, 0.15) is 6.10 Å². The van der Waals surface area contributed by atoms with E-state index in [1.54, 1.807) is 13.0 Å². The average Bonchev–Trinajstić information content (AvgIpc) is 2.87. The van der Waals surface area contributed by atoms with Crippen molar-refractivity contribution in [1.82, 2.24) is 10.1 Å². The molecule has 0 saturated heterocycles. The highest BCUT2D eigenvalue weighted by Gasteiger charge is 2.15. The van der Waals surface area contributed by atoms with Gasteiger partial charge in [0.25, 0.3) is 5.89 Å². The van der Waals surface area contributed by atoms with E-state index in [2.05, 4.69) is 10.1 Å². The summed E-state index contributed by atoms with van der Waals surface area (Å²) in [6, 6.07) is 4.33. The Morgan fingerprint density at radius 2 is 2.28 bits per heavy atom. The van der Waals surface area contributed by atoms with Crippen LogP contribution >= 0.6 is 0 Å². The molecule has 0 aliphatic carbocycles. The van der Waals surface area contributed by atoms with Crippen LogP contribution in [0.1, 0.15) is 25.3 Å². The maximum atomic E-state index is 13.5. The molecule has 0 spiro atoms. The zero-order valence-corrected chi connectivity index (χ0v) is 10.1. The fourth-order valence-corrected chi connectivity index (χ4v) is 1.47. The lowest BCUT2D eigenvalue weighted by molar-refractivity contribution is 0.159. The molecule has 5 nitrogen and oxygen atoms in total. The Balaban J connectivity index is 2.31. The molecular formula is C12H13FN2O3. The Kier molecular flexibility index (Phi) is 3.57. The Bertz CT molecular complexity index is 542. The molecule has 6 heteroatoms. The predicted octanol–water partition coefficient (Wildman–Crippen LogP) is 2.33. The first-order valence-electron chi connectivity index (χ1n) is 5.51. The molecule has 96 valence electrons. The first-order valence-corrected chi connectivity index (χ1v) is 5.51. The standard InChI is InChI=1S/C12H13FN2O3/c1-3-9(16)11-14-12(18-15-11)7-4-5-10(17-2)8(13)6-7/h4-6,9,16H,3H2,1-2H3. The van der Waals surface area contributed by atoms with Crippen LogP contribution in [0.25, 0.3) is 11.5 Å². The van der Waals surface area contributed by atoms with Crippen LogP contribution in [0.3, 0.4) is 0 Å². The van der Waals surface area contributed by atoms with E-state index in [0.29, 0.717) is 12.0 Å². The molecule has 2 aromatic rings. The van der Waals surface area contributed by atoms with E-state index in [-0.39, 0.29) is 17.5 Å². The second-order valence-corrected chi connectivity index (χ2v) is 3.73. The quantitative estimate of drug-likeness (QED) is 0.904. The van der Waals surface area contributed by atoms with Gasteiger partial charge in [-0.3, -0.25) is 0 Å². The summed E-state index contributed by atoms with van der Waals surface area (Å²) in [6.45, 7) is 1.80. The van der Waals surface area contributed by atoms with Crippen molar-refractivity contribution in [3.8, 4) is 17.2 Å². The molecule has 0 radical (unpaired) electrons. The van der Waals surface area contributed by atoms with E-state index in [4.69, 9.17) is 9.26 Å². The van der Waals surface area contributed by atoms with E-state index in [1.165, 1.54) is 19.2 Å². The maximum Gasteiger partial charge on any atom is 0.258 e. The Labute approximate surface area is 103 Å². The Morgan fingerprint density at radius 3 is 2.89 bits per heavy atom. The number of rotatable bonds is 4. The van der Waals surface area contributed by atoms with Crippen molar-refractivity contribution in [2.75, 3.05) is 7.11 Å². The van der Waals surface area contributed by atoms with Crippen molar-refractivity contribution in [2.24, 2.45) is 0 Å². The number of aliphatic hydroxyl groups is 1. The molecule has 18 heavy (non-hydrogen) atoms. The Morgan fingerprint density at radius 1 is 1.50 bits per heavy atom. The second kappa shape index (κ2) is 5.14. The number of nitrogens with zero attached hydrogens (tertiary/aromatic N) is 2. The van der Waals surface area contributed by atoms with Crippen LogP contribution in [0.4, 0.5) is 4.39 Å². The first-order chi connectivity index (χ1) is 8.65. The van der Waals surface area contributed by atoms with E-state index >= 15 is 0 Å². The fraction of sp³-hybridized carbons (Fsp3) is 0.333. The van der Waals surface area contributed by atoms with Crippen LogP contribution in [0.2, 0.25) is 0 Å². The van der Waals surface area contributed by atoms with Crippen LogP contribution in [0, 0.1) is 5.82 Å². The van der Waals surface area contributed by atoms with E-state index in [9.17, 15) is 9.50 Å². The number of aromatic nitrogens is 2. The first kappa shape index (κ1) is 12.5. The zero-order chi connectivity index (χ0) is 13.1. The predicted molar refractivity (Wildman–Crippen MR) is 61.5 cm³/mol. The number of benzene rings is 1. The van der Waals surface area contributed by atoms with E-state index in [1.807, 2.05) is 0 Å². The topological polar surface area (TPSA) is 68.4 Å². The van der Waals surface area contributed by atoms with E-state index < -0.39 is 11.9 Å². The van der Waals surface area contributed by atoms with Crippen molar-refractivity contribution >= 4 is 0 Å². The van der Waals surface area contributed by atoms with Gasteiger partial charge in [0.05, 0.1) is 7.11 Å². The molecular weight excluding hydrogens is 239 g/mol. The molecule has 1 heterocycles. The van der Waals surface area contributed by atoms with Gasteiger partial charge in [0.2, 0.25) is 5.82 Å². The van der Waals surface area contributed by atoms with Crippen LogP contribution in [-0.4, -0.2) is 22.4 Å². The average molecular weight is 252 g/mol. The fourth-order valence-electron chi connectivity index (χ4n) is 1.47. The third-order valence-electron chi connectivity index (χ3n) is 2.53. The molecule has 1 N–H and O–H groups in total. The lowest BCUT2D eigenvalue weighted by atomic mass is 10.2. The van der Waals surface area contributed by atoms with Gasteiger partial charge in [0.15, 0.2) is 11.6 Å². The van der Waals surface area contributed by atoms with Crippen molar-refractivity contribution in [1.29, 1.82) is 0 Å². The number of halogens is 1. The van der Waals surface area contributed by atoms with Crippen molar-refractivity contribution in [3.05, 3.63) is 29.8 Å². The molecule has 0 fully saturated rings. The molecule has 1 aromatic heterocycles. The Hall–Kier alpha value is -1.95. The maximum absolute atomic E-state index is 13.5. The molecule has 0 aliphatic heterocycles. The summed E-state index contributed by atoms with van der Waals surface area (Å²) in [7, 11) is 1.39. The molecule has 0 bridgehead atoms. The number of methoxy groups -OCH3 is 1. The van der Waals surface area contributed by atoms with Crippen LogP contribution in [0.15, 0.2) is 22.7 Å². The molecule has 0 saturated carbocycles. The highest BCUT2D eigenvalue weighted by atomic mass is 19.1. The van der Waals surface area contributed by atoms with Gasteiger partial charge >= 0.3 is 0 Å². The molecule has 1 unspecified atom stereocenters. The minimum Gasteiger partial charge on any atom is -0.494 e. The minimum absolute atomic E-state index is 0.145. The zero-order valence-electron chi connectivity index (χ0n) is 10.1. The lowest BCUT2D eigenvalue weighted by Crippen LogP contribution is -1.97. The van der Waals surface area contributed by atoms with Crippen molar-refractivity contribution in [3.63, 3.8) is 0 Å². The molecule has 1 atom stereocenters. The monoisotopic (exact) mass is 252 g/mol. The minimum atomic E-state index is -0.773. The van der Waals surface area contributed by atoms with Crippen LogP contribution in [-0.2, 0) is 0 Å². The summed E-state index contributed by atoms with van der Waals surface area (Å²) >= 11 is 0. The largest absolute Gasteiger partial charge is 0.494 e. The van der Waals surface area contributed by atoms with Crippen LogP contribution < -0.4 is 4.74 Å². The SMILES string of the molecule is CCC(O)c1noc(-c2ccc(OC)c(F)c2)n1. The summed E-state index contributed by atoms with van der Waals surface area (Å²) in [5.74, 6) is 0.000603. The molecule has 0 aliphatic rings. The van der Waals surface area contributed by atoms with Crippen molar-refractivity contribution < 1.29 is 18.8 Å². The van der Waals surface area contributed by atoms with Gasteiger partial charge in [-0.1, -0.05) is 12.1 Å². The summed E-state index contributed by atoms with van der Waals surface area (Å²) in [6.07, 6.45) is -0.291. The van der Waals surface area contributed by atoms with Gasteiger partial charge in [-0.2, -0.15) is 4.98 Å². The van der Waals surface area contributed by atoms with Crippen LogP contribution in [0.5, 0.6) is 5.75 Å². The van der Waals surface area contributed by atoms with Gasteiger partial charge in [0, 0.05) is 5.56 Å². The number of hydrogen-bond donors (Lipinski definition) is 1. The second-order valence-electron chi connectivity index (χ2n) is 3.73. The molecule has 1 aromatic carbocycles. The number of hydrogen-bond acceptors (Lipinski definition) is 5. The van der Waals surface area contributed by atoms with Gasteiger partial charge in [-0.25, -0.2) is 4.39 Å². The molecule has 2 rings (SSSR count). The number of ether oxygens (including phenoxy) is 1. The summed E-state index contributed by atoms with van der Waals surface area (Å²) in [5.41, 5.74) is 0.440. The summed E-state index contributed by atoms with van der Waals surface area (Å²) in [4.78, 5) is 4.01. The third-order valence-corrected chi connectivity index (χ3v) is 2.53. The van der Waals surface area contributed by atoms with Gasteiger partial charge in [-0.05, 0) is 24.6 Å². The smallest absolute Gasteiger partial charge is 0.258 e. The van der Waals surface area contributed by atoms with Gasteiger partial charge < -0.3 is 14.4 Å². The van der Waals surface area contributed by atoms with Crippen molar-refractivity contribution in [2.45, 2.75) is 19.4 Å². The summed E-state index contributed by atoms with van der Waals surface area (Å²) in [5, 5.41) is 13.2.